The van der Waals surface area contributed by atoms with E-state index in [-0.39, 0.29) is 11.9 Å². The Balaban J connectivity index is 1.53. The Morgan fingerprint density at radius 2 is 2.42 bits per heavy atom. The van der Waals surface area contributed by atoms with E-state index >= 15 is 0 Å². The highest BCUT2D eigenvalue weighted by atomic mass is 16.3. The van der Waals surface area contributed by atoms with Crippen LogP contribution in [0, 0.1) is 0 Å². The molecule has 2 aliphatic heterocycles. The van der Waals surface area contributed by atoms with Crippen molar-refractivity contribution in [1.82, 2.24) is 15.6 Å². The molecule has 0 radical (unpaired) electrons. The number of rotatable bonds is 2. The quantitative estimate of drug-likeness (QED) is 0.854. The normalized spacial score (nSPS) is 28.9. The molecule has 5 nitrogen and oxygen atoms in total. The number of hydrogen-bond acceptors (Lipinski definition) is 4. The van der Waals surface area contributed by atoms with Crippen LogP contribution in [0.15, 0.2) is 29.0 Å². The molecule has 2 bridgehead atoms. The first-order valence-electron chi connectivity index (χ1n) is 6.70. The van der Waals surface area contributed by atoms with Crippen LogP contribution in [-0.2, 0) is 0 Å². The third-order valence-electron chi connectivity index (χ3n) is 4.19. The maximum Gasteiger partial charge on any atom is 0.270 e. The van der Waals surface area contributed by atoms with Gasteiger partial charge in [0.25, 0.3) is 5.91 Å². The molecule has 0 aromatic carbocycles. The average Bonchev–Trinajstić information content (AvgIpc) is 3.13. The molecule has 2 aromatic heterocycles. The Bertz CT molecular complexity index is 636. The van der Waals surface area contributed by atoms with Crippen molar-refractivity contribution in [3.63, 3.8) is 0 Å². The van der Waals surface area contributed by atoms with E-state index in [9.17, 15) is 4.79 Å². The van der Waals surface area contributed by atoms with Gasteiger partial charge in [0.1, 0.15) is 5.69 Å². The van der Waals surface area contributed by atoms with Crippen LogP contribution in [0.1, 0.15) is 29.8 Å². The Labute approximate surface area is 110 Å². The van der Waals surface area contributed by atoms with E-state index in [1.165, 1.54) is 6.42 Å². The van der Waals surface area contributed by atoms with Crippen molar-refractivity contribution in [3.8, 4) is 0 Å². The van der Waals surface area contributed by atoms with Gasteiger partial charge >= 0.3 is 0 Å². The van der Waals surface area contributed by atoms with Crippen LogP contribution in [0.4, 0.5) is 0 Å². The second-order valence-corrected chi connectivity index (χ2v) is 5.39. The summed E-state index contributed by atoms with van der Waals surface area (Å²) in [4.78, 5) is 16.4. The summed E-state index contributed by atoms with van der Waals surface area (Å²) in [5, 5.41) is 7.51. The number of carbonyl (C=O) groups is 1. The van der Waals surface area contributed by atoms with Crippen molar-refractivity contribution in [3.05, 3.63) is 30.3 Å². The van der Waals surface area contributed by atoms with Crippen molar-refractivity contribution < 1.29 is 9.21 Å². The molecular formula is C14H15N3O2. The SMILES string of the molecule is O=C(N[C@@H]1CC2CCC1N2)c1cc2ccoc2cn1. The minimum absolute atomic E-state index is 0.0950. The van der Waals surface area contributed by atoms with Gasteiger partial charge in [0, 0.05) is 23.5 Å². The molecule has 4 rings (SSSR count). The molecular weight excluding hydrogens is 242 g/mol. The zero-order valence-corrected chi connectivity index (χ0v) is 10.4. The second-order valence-electron chi connectivity index (χ2n) is 5.39. The number of hydrogen-bond donors (Lipinski definition) is 2. The highest BCUT2D eigenvalue weighted by Crippen LogP contribution is 2.28. The number of carbonyl (C=O) groups excluding carboxylic acids is 1. The standard InChI is InChI=1S/C14H15N3O2/c18-14(17-11-6-9-1-2-10(11)16-9)12-5-8-3-4-19-13(8)7-15-12/h3-5,7,9-11,16H,1-2,6H2,(H,17,18)/t9?,10?,11-/m1/s1. The van der Waals surface area contributed by atoms with Gasteiger partial charge in [0.15, 0.2) is 5.58 Å². The number of aromatic nitrogens is 1. The summed E-state index contributed by atoms with van der Waals surface area (Å²) in [7, 11) is 0. The Morgan fingerprint density at radius 3 is 3.21 bits per heavy atom. The first-order chi connectivity index (χ1) is 9.29. The van der Waals surface area contributed by atoms with E-state index in [1.807, 2.05) is 6.07 Å². The number of nitrogens with one attached hydrogen (secondary N) is 2. The van der Waals surface area contributed by atoms with Crippen molar-refractivity contribution >= 4 is 16.9 Å². The van der Waals surface area contributed by atoms with E-state index in [1.54, 1.807) is 18.5 Å². The second kappa shape index (κ2) is 4.06. The minimum Gasteiger partial charge on any atom is -0.463 e. The molecule has 0 spiro atoms. The number of fused-ring (bicyclic) bond motifs is 3. The molecule has 2 N–H and O–H groups in total. The van der Waals surface area contributed by atoms with E-state index in [2.05, 4.69) is 15.6 Å². The first kappa shape index (κ1) is 11.0. The predicted molar refractivity (Wildman–Crippen MR) is 69.8 cm³/mol. The van der Waals surface area contributed by atoms with Crippen molar-refractivity contribution in [2.45, 2.75) is 37.4 Å². The van der Waals surface area contributed by atoms with E-state index in [0.717, 1.165) is 18.2 Å². The van der Waals surface area contributed by atoms with Crippen LogP contribution < -0.4 is 10.6 Å². The van der Waals surface area contributed by atoms with Gasteiger partial charge in [-0.05, 0) is 31.4 Å². The third kappa shape index (κ3) is 1.81. The summed E-state index contributed by atoms with van der Waals surface area (Å²) in [5.74, 6) is -0.0950. The van der Waals surface area contributed by atoms with E-state index in [4.69, 9.17) is 4.42 Å². The molecule has 2 saturated heterocycles. The van der Waals surface area contributed by atoms with Crippen LogP contribution in [0.5, 0.6) is 0 Å². The van der Waals surface area contributed by atoms with Gasteiger partial charge in [-0.2, -0.15) is 0 Å². The molecule has 0 saturated carbocycles. The van der Waals surface area contributed by atoms with Crippen LogP contribution >= 0.6 is 0 Å². The van der Waals surface area contributed by atoms with Crippen LogP contribution in [-0.4, -0.2) is 29.0 Å². The average molecular weight is 257 g/mol. The van der Waals surface area contributed by atoms with Crippen LogP contribution in [0.25, 0.3) is 11.0 Å². The minimum atomic E-state index is -0.0950. The highest BCUT2D eigenvalue weighted by Gasteiger charge is 2.39. The molecule has 4 heterocycles. The van der Waals surface area contributed by atoms with Crippen LogP contribution in [0.2, 0.25) is 0 Å². The lowest BCUT2D eigenvalue weighted by molar-refractivity contribution is 0.0926. The van der Waals surface area contributed by atoms with Gasteiger partial charge in [-0.1, -0.05) is 0 Å². The van der Waals surface area contributed by atoms with Gasteiger partial charge in [0.05, 0.1) is 12.5 Å². The molecule has 98 valence electrons. The molecule has 1 amide bonds. The molecule has 2 aliphatic rings. The monoisotopic (exact) mass is 257 g/mol. The summed E-state index contributed by atoms with van der Waals surface area (Å²) >= 11 is 0. The fourth-order valence-electron chi connectivity index (χ4n) is 3.22. The Hall–Kier alpha value is -1.88. The topological polar surface area (TPSA) is 67.2 Å². The van der Waals surface area contributed by atoms with Gasteiger partial charge in [-0.15, -0.1) is 0 Å². The van der Waals surface area contributed by atoms with Gasteiger partial charge in [-0.3, -0.25) is 4.79 Å². The lowest BCUT2D eigenvalue weighted by Crippen LogP contribution is -2.43. The lowest BCUT2D eigenvalue weighted by atomic mass is 9.95. The highest BCUT2D eigenvalue weighted by molar-refractivity contribution is 5.95. The first-order valence-corrected chi connectivity index (χ1v) is 6.70. The third-order valence-corrected chi connectivity index (χ3v) is 4.19. The number of nitrogens with zero attached hydrogens (tertiary/aromatic N) is 1. The fourth-order valence-corrected chi connectivity index (χ4v) is 3.22. The molecule has 2 unspecified atom stereocenters. The van der Waals surface area contributed by atoms with Gasteiger partial charge < -0.3 is 15.1 Å². The Morgan fingerprint density at radius 1 is 1.47 bits per heavy atom. The molecule has 0 aliphatic carbocycles. The summed E-state index contributed by atoms with van der Waals surface area (Å²) in [6.07, 6.45) is 6.63. The zero-order valence-electron chi connectivity index (χ0n) is 10.4. The predicted octanol–water partition coefficient (Wildman–Crippen LogP) is 1.45. The maximum absolute atomic E-state index is 12.2. The van der Waals surface area contributed by atoms with Gasteiger partial charge in [0.2, 0.25) is 0 Å². The summed E-state index contributed by atoms with van der Waals surface area (Å²) < 4.78 is 5.22. The number of furan rings is 1. The number of amides is 1. The maximum atomic E-state index is 12.2. The Kier molecular flexibility index (Phi) is 2.35. The number of pyridine rings is 1. The van der Waals surface area contributed by atoms with E-state index < -0.39 is 0 Å². The van der Waals surface area contributed by atoms with Crippen molar-refractivity contribution in [1.29, 1.82) is 0 Å². The molecule has 2 aromatic rings. The van der Waals surface area contributed by atoms with Gasteiger partial charge in [-0.25, -0.2) is 4.98 Å². The lowest BCUT2D eigenvalue weighted by Gasteiger charge is -2.21. The van der Waals surface area contributed by atoms with Crippen LogP contribution in [0.3, 0.4) is 0 Å². The van der Waals surface area contributed by atoms with E-state index in [0.29, 0.717) is 23.4 Å². The summed E-state index contributed by atoms with van der Waals surface area (Å²) in [5.41, 5.74) is 1.16. The molecule has 3 atom stereocenters. The molecule has 2 fully saturated rings. The van der Waals surface area contributed by atoms with Crippen molar-refractivity contribution in [2.24, 2.45) is 0 Å². The van der Waals surface area contributed by atoms with Crippen molar-refractivity contribution in [2.75, 3.05) is 0 Å². The fraction of sp³-hybridized carbons (Fsp3) is 0.429. The molecule has 5 heteroatoms. The summed E-state index contributed by atoms with van der Waals surface area (Å²) in [6.45, 7) is 0. The smallest absolute Gasteiger partial charge is 0.270 e. The largest absolute Gasteiger partial charge is 0.463 e. The summed E-state index contributed by atoms with van der Waals surface area (Å²) in [6, 6.07) is 4.88. The zero-order chi connectivity index (χ0) is 12.8. The molecule has 19 heavy (non-hydrogen) atoms.